The Hall–Kier alpha value is -2.78. The number of hydrogen-bond donors (Lipinski definition) is 0. The molecule has 1 fully saturated rings. The summed E-state index contributed by atoms with van der Waals surface area (Å²) in [6.07, 6.45) is 0. The summed E-state index contributed by atoms with van der Waals surface area (Å²) in [5.74, 6) is 0. The van der Waals surface area contributed by atoms with Crippen molar-refractivity contribution in [3.8, 4) is 0 Å². The van der Waals surface area contributed by atoms with Crippen LogP contribution in [0.4, 0.5) is 0 Å². The Morgan fingerprint density at radius 2 is 0.824 bits per heavy atom. The van der Waals surface area contributed by atoms with Gasteiger partial charge in [-0.25, -0.2) is 16.8 Å². The highest BCUT2D eigenvalue weighted by atomic mass is 32.2. The van der Waals surface area contributed by atoms with E-state index < -0.39 is 20.0 Å². The lowest BCUT2D eigenvalue weighted by atomic mass is 10.1. The molecular formula is C26H26N2O4S2. The Morgan fingerprint density at radius 3 is 1.18 bits per heavy atom. The van der Waals surface area contributed by atoms with Crippen molar-refractivity contribution >= 4 is 41.6 Å². The van der Waals surface area contributed by atoms with Crippen molar-refractivity contribution in [3.05, 3.63) is 83.9 Å². The van der Waals surface area contributed by atoms with Crippen molar-refractivity contribution in [1.82, 2.24) is 8.61 Å². The zero-order valence-corrected chi connectivity index (χ0v) is 20.7. The Morgan fingerprint density at radius 1 is 0.500 bits per heavy atom. The summed E-state index contributed by atoms with van der Waals surface area (Å²) >= 11 is 0. The van der Waals surface area contributed by atoms with Crippen LogP contribution in [0.2, 0.25) is 0 Å². The van der Waals surface area contributed by atoms with Crippen molar-refractivity contribution in [2.24, 2.45) is 0 Å². The monoisotopic (exact) mass is 494 g/mol. The van der Waals surface area contributed by atoms with Crippen LogP contribution in [0.3, 0.4) is 0 Å². The van der Waals surface area contributed by atoms with Crippen molar-refractivity contribution < 1.29 is 16.8 Å². The summed E-state index contributed by atoms with van der Waals surface area (Å²) in [5.41, 5.74) is 2.02. The Labute approximate surface area is 200 Å². The quantitative estimate of drug-likeness (QED) is 0.424. The maximum atomic E-state index is 13.5. The molecule has 0 bridgehead atoms. The number of fused-ring (bicyclic) bond motifs is 2. The molecule has 4 aromatic rings. The Bertz CT molecular complexity index is 1500. The first kappa shape index (κ1) is 23.0. The van der Waals surface area contributed by atoms with Crippen LogP contribution < -0.4 is 0 Å². The van der Waals surface area contributed by atoms with E-state index in [-0.39, 0.29) is 36.0 Å². The van der Waals surface area contributed by atoms with Crippen LogP contribution in [-0.2, 0) is 20.0 Å². The first-order chi connectivity index (χ1) is 16.2. The molecule has 1 saturated heterocycles. The van der Waals surface area contributed by atoms with Crippen LogP contribution in [0.1, 0.15) is 11.1 Å². The number of piperazine rings is 1. The zero-order valence-electron chi connectivity index (χ0n) is 19.1. The molecule has 0 amide bonds. The highest BCUT2D eigenvalue weighted by Crippen LogP contribution is 2.31. The lowest BCUT2D eigenvalue weighted by Crippen LogP contribution is -2.50. The first-order valence-electron chi connectivity index (χ1n) is 11.2. The van der Waals surface area contributed by atoms with Crippen LogP contribution in [0, 0.1) is 13.8 Å². The van der Waals surface area contributed by atoms with Crippen molar-refractivity contribution in [1.29, 1.82) is 0 Å². The van der Waals surface area contributed by atoms with Gasteiger partial charge in [0.15, 0.2) is 0 Å². The van der Waals surface area contributed by atoms with E-state index in [1.54, 1.807) is 12.1 Å². The molecule has 5 rings (SSSR count). The maximum absolute atomic E-state index is 13.5. The number of aryl methyl sites for hydroxylation is 2. The SMILES string of the molecule is Cc1ccc(S(=O)(=O)N2CCN(S(=O)(=O)c3ccc(C)c4ccccc34)CC2)c2ccccc12. The van der Waals surface area contributed by atoms with Gasteiger partial charge in [-0.1, -0.05) is 60.7 Å². The molecule has 0 radical (unpaired) electrons. The van der Waals surface area contributed by atoms with E-state index in [1.807, 2.05) is 74.5 Å². The van der Waals surface area contributed by atoms with E-state index >= 15 is 0 Å². The fourth-order valence-electron chi connectivity index (χ4n) is 4.72. The second-order valence-electron chi connectivity index (χ2n) is 8.66. The molecule has 0 N–H and O–H groups in total. The molecule has 0 unspecified atom stereocenters. The molecule has 4 aromatic carbocycles. The van der Waals surface area contributed by atoms with Gasteiger partial charge in [0.1, 0.15) is 0 Å². The van der Waals surface area contributed by atoms with Crippen molar-refractivity contribution in [2.45, 2.75) is 23.6 Å². The molecule has 176 valence electrons. The molecular weight excluding hydrogens is 468 g/mol. The second-order valence-corrected chi connectivity index (χ2v) is 12.5. The molecule has 0 aliphatic carbocycles. The standard InChI is InChI=1S/C26H26N2O4S2/c1-19-11-13-25(23-9-5-3-7-21(19)23)33(29,30)27-15-17-28(18-16-27)34(31,32)26-14-12-20(2)22-8-4-6-10-24(22)26/h3-14H,15-18H2,1-2H3. The highest BCUT2D eigenvalue weighted by Gasteiger charge is 2.35. The zero-order chi connectivity index (χ0) is 24.1. The van der Waals surface area contributed by atoms with Gasteiger partial charge in [-0.05, 0) is 47.9 Å². The minimum Gasteiger partial charge on any atom is -0.207 e. The van der Waals surface area contributed by atoms with Gasteiger partial charge in [0.05, 0.1) is 9.79 Å². The second kappa shape index (κ2) is 8.46. The average molecular weight is 495 g/mol. The van der Waals surface area contributed by atoms with Gasteiger partial charge in [0.2, 0.25) is 20.0 Å². The topological polar surface area (TPSA) is 74.8 Å². The largest absolute Gasteiger partial charge is 0.243 e. The molecule has 0 atom stereocenters. The molecule has 34 heavy (non-hydrogen) atoms. The molecule has 0 saturated carbocycles. The number of benzene rings is 4. The third-order valence-corrected chi connectivity index (χ3v) is 10.6. The van der Waals surface area contributed by atoms with E-state index in [9.17, 15) is 16.8 Å². The van der Waals surface area contributed by atoms with Gasteiger partial charge in [-0.15, -0.1) is 0 Å². The van der Waals surface area contributed by atoms with Gasteiger partial charge in [-0.2, -0.15) is 8.61 Å². The third-order valence-electron chi connectivity index (χ3n) is 6.64. The van der Waals surface area contributed by atoms with Crippen LogP contribution in [-0.4, -0.2) is 51.6 Å². The predicted molar refractivity (Wildman–Crippen MR) is 135 cm³/mol. The number of sulfonamides is 2. The molecule has 0 spiro atoms. The summed E-state index contributed by atoms with van der Waals surface area (Å²) < 4.78 is 56.8. The fourth-order valence-corrected chi connectivity index (χ4v) is 7.96. The number of hydrogen-bond acceptors (Lipinski definition) is 4. The summed E-state index contributed by atoms with van der Waals surface area (Å²) in [6, 6.07) is 21.8. The Kier molecular flexibility index (Phi) is 5.72. The third kappa shape index (κ3) is 3.71. The summed E-state index contributed by atoms with van der Waals surface area (Å²) in [4.78, 5) is 0.518. The molecule has 8 heteroatoms. The van der Waals surface area contributed by atoms with Gasteiger partial charge >= 0.3 is 0 Å². The van der Waals surface area contributed by atoms with Gasteiger partial charge in [0, 0.05) is 37.0 Å². The smallest absolute Gasteiger partial charge is 0.207 e. The van der Waals surface area contributed by atoms with Gasteiger partial charge in [0.25, 0.3) is 0 Å². The lowest BCUT2D eigenvalue weighted by Gasteiger charge is -2.33. The van der Waals surface area contributed by atoms with Crippen molar-refractivity contribution in [2.75, 3.05) is 26.2 Å². The van der Waals surface area contributed by atoms with E-state index in [2.05, 4.69) is 0 Å². The van der Waals surface area contributed by atoms with E-state index in [4.69, 9.17) is 0 Å². The average Bonchev–Trinajstić information content (AvgIpc) is 2.84. The fraction of sp³-hybridized carbons (Fsp3) is 0.231. The first-order valence-corrected chi connectivity index (χ1v) is 14.1. The van der Waals surface area contributed by atoms with Crippen LogP contribution in [0.5, 0.6) is 0 Å². The van der Waals surface area contributed by atoms with E-state index in [0.29, 0.717) is 10.8 Å². The van der Waals surface area contributed by atoms with Crippen LogP contribution in [0.15, 0.2) is 82.6 Å². The molecule has 1 aliphatic rings. The molecule has 6 nitrogen and oxygen atoms in total. The summed E-state index contributed by atoms with van der Waals surface area (Å²) in [6.45, 7) is 4.33. The lowest BCUT2D eigenvalue weighted by molar-refractivity contribution is 0.273. The van der Waals surface area contributed by atoms with E-state index in [1.165, 1.54) is 8.61 Å². The summed E-state index contributed by atoms with van der Waals surface area (Å²) in [7, 11) is -7.53. The molecule has 1 aliphatic heterocycles. The van der Waals surface area contributed by atoms with Crippen LogP contribution >= 0.6 is 0 Å². The maximum Gasteiger partial charge on any atom is 0.243 e. The highest BCUT2D eigenvalue weighted by molar-refractivity contribution is 7.89. The normalized spacial score (nSPS) is 16.3. The minimum atomic E-state index is -3.77. The Balaban J connectivity index is 1.44. The van der Waals surface area contributed by atoms with Gasteiger partial charge in [-0.3, -0.25) is 0 Å². The number of rotatable bonds is 4. The minimum absolute atomic E-state index is 0.105. The van der Waals surface area contributed by atoms with Gasteiger partial charge < -0.3 is 0 Å². The molecule has 0 aromatic heterocycles. The predicted octanol–water partition coefficient (Wildman–Crippen LogP) is 4.31. The summed E-state index contributed by atoms with van der Waals surface area (Å²) in [5, 5.41) is 3.17. The molecule has 1 heterocycles. The number of nitrogens with zero attached hydrogens (tertiary/aromatic N) is 2. The van der Waals surface area contributed by atoms with E-state index in [0.717, 1.165) is 21.9 Å². The van der Waals surface area contributed by atoms with Crippen LogP contribution in [0.25, 0.3) is 21.5 Å². The van der Waals surface area contributed by atoms with Crippen molar-refractivity contribution in [3.63, 3.8) is 0 Å².